The van der Waals surface area contributed by atoms with Crippen LogP contribution in [0.25, 0.3) is 0 Å². The number of nitrogens with zero attached hydrogens (tertiary/aromatic N) is 3. The third kappa shape index (κ3) is 3.59. The van der Waals surface area contributed by atoms with E-state index in [1.165, 1.54) is 0 Å². The van der Waals surface area contributed by atoms with Crippen LogP contribution in [0.5, 0.6) is 0 Å². The SMILES string of the molecule is Cc1cccc(C(C(=O)NCc2cn3c(n2)SCC3)N(C)C)c1. The number of amides is 1. The van der Waals surface area contributed by atoms with Crippen LogP contribution in [0.1, 0.15) is 22.9 Å². The second-order valence-electron chi connectivity index (χ2n) is 6.05. The number of carbonyl (C=O) groups is 1. The van der Waals surface area contributed by atoms with Gasteiger partial charge in [-0.05, 0) is 26.6 Å². The summed E-state index contributed by atoms with van der Waals surface area (Å²) < 4.78 is 2.15. The standard InChI is InChI=1S/C17H22N4OS/c1-12-5-4-6-13(9-12)15(20(2)3)16(22)18-10-14-11-21-7-8-23-17(21)19-14/h4-6,9,11,15H,7-8,10H2,1-3H3,(H,18,22). The number of carbonyl (C=O) groups excluding carboxylic acids is 1. The lowest BCUT2D eigenvalue weighted by molar-refractivity contribution is -0.126. The molecule has 2 heterocycles. The average Bonchev–Trinajstić information content (AvgIpc) is 3.06. The summed E-state index contributed by atoms with van der Waals surface area (Å²) in [6.07, 6.45) is 2.03. The highest BCUT2D eigenvalue weighted by molar-refractivity contribution is 7.99. The van der Waals surface area contributed by atoms with Gasteiger partial charge in [0.25, 0.3) is 0 Å². The Morgan fingerprint density at radius 1 is 1.48 bits per heavy atom. The fourth-order valence-corrected chi connectivity index (χ4v) is 3.81. The van der Waals surface area contributed by atoms with Gasteiger partial charge in [-0.3, -0.25) is 9.69 Å². The van der Waals surface area contributed by atoms with Gasteiger partial charge < -0.3 is 9.88 Å². The Morgan fingerprint density at radius 2 is 2.30 bits per heavy atom. The molecule has 6 heteroatoms. The molecule has 0 spiro atoms. The number of benzene rings is 1. The zero-order valence-electron chi connectivity index (χ0n) is 13.7. The third-order valence-electron chi connectivity index (χ3n) is 3.92. The summed E-state index contributed by atoms with van der Waals surface area (Å²) in [5.41, 5.74) is 3.09. The lowest BCUT2D eigenvalue weighted by atomic mass is 10.0. The Hall–Kier alpha value is -1.79. The van der Waals surface area contributed by atoms with E-state index in [1.54, 1.807) is 11.8 Å². The molecular weight excluding hydrogens is 308 g/mol. The van der Waals surface area contributed by atoms with Crippen molar-refractivity contribution in [2.24, 2.45) is 0 Å². The van der Waals surface area contributed by atoms with E-state index in [1.807, 2.05) is 50.3 Å². The van der Waals surface area contributed by atoms with Crippen LogP contribution in [0.15, 0.2) is 35.6 Å². The van der Waals surface area contributed by atoms with Crippen molar-refractivity contribution in [2.75, 3.05) is 19.8 Å². The van der Waals surface area contributed by atoms with E-state index in [9.17, 15) is 4.79 Å². The van der Waals surface area contributed by atoms with Crippen molar-refractivity contribution in [1.29, 1.82) is 0 Å². The minimum Gasteiger partial charge on any atom is -0.349 e. The highest BCUT2D eigenvalue weighted by Crippen LogP contribution is 2.24. The van der Waals surface area contributed by atoms with E-state index < -0.39 is 0 Å². The zero-order chi connectivity index (χ0) is 16.4. The van der Waals surface area contributed by atoms with Crippen molar-refractivity contribution in [3.05, 3.63) is 47.3 Å². The number of hydrogen-bond donors (Lipinski definition) is 1. The van der Waals surface area contributed by atoms with Crippen LogP contribution in [0, 0.1) is 6.92 Å². The maximum atomic E-state index is 12.7. The topological polar surface area (TPSA) is 50.2 Å². The summed E-state index contributed by atoms with van der Waals surface area (Å²) in [7, 11) is 3.85. The number of imidazole rings is 1. The molecule has 1 amide bonds. The quantitative estimate of drug-likeness (QED) is 0.913. The van der Waals surface area contributed by atoms with Gasteiger partial charge in [0.2, 0.25) is 5.91 Å². The molecule has 1 unspecified atom stereocenters. The Bertz CT molecular complexity index is 689. The number of nitrogens with one attached hydrogen (secondary N) is 1. The van der Waals surface area contributed by atoms with Crippen LogP contribution in [0.4, 0.5) is 0 Å². The van der Waals surface area contributed by atoms with Crippen LogP contribution < -0.4 is 5.32 Å². The van der Waals surface area contributed by atoms with Gasteiger partial charge >= 0.3 is 0 Å². The van der Waals surface area contributed by atoms with Gasteiger partial charge in [-0.1, -0.05) is 41.6 Å². The second-order valence-corrected chi connectivity index (χ2v) is 7.12. The monoisotopic (exact) mass is 330 g/mol. The summed E-state index contributed by atoms with van der Waals surface area (Å²) in [6, 6.07) is 7.80. The molecule has 1 aliphatic rings. The van der Waals surface area contributed by atoms with Crippen LogP contribution >= 0.6 is 11.8 Å². The van der Waals surface area contributed by atoms with E-state index in [-0.39, 0.29) is 11.9 Å². The van der Waals surface area contributed by atoms with Crippen molar-refractivity contribution >= 4 is 17.7 Å². The van der Waals surface area contributed by atoms with Crippen molar-refractivity contribution < 1.29 is 4.79 Å². The fourth-order valence-electron chi connectivity index (χ4n) is 2.85. The minimum atomic E-state index is -0.293. The van der Waals surface area contributed by atoms with Crippen molar-refractivity contribution in [3.63, 3.8) is 0 Å². The van der Waals surface area contributed by atoms with Crippen molar-refractivity contribution in [1.82, 2.24) is 19.8 Å². The Balaban J connectivity index is 1.69. The molecule has 2 aromatic rings. The Morgan fingerprint density at radius 3 is 3.00 bits per heavy atom. The summed E-state index contributed by atoms with van der Waals surface area (Å²) in [5, 5.41) is 4.07. The molecule has 0 saturated heterocycles. The molecule has 1 aromatic heterocycles. The number of rotatable bonds is 5. The summed E-state index contributed by atoms with van der Waals surface area (Å²) in [5.74, 6) is 1.09. The number of likely N-dealkylation sites (N-methyl/N-ethyl adjacent to an activating group) is 1. The second kappa shape index (κ2) is 6.76. The van der Waals surface area contributed by atoms with Gasteiger partial charge in [-0.2, -0.15) is 0 Å². The predicted octanol–water partition coefficient (Wildman–Crippen LogP) is 2.22. The molecule has 1 aromatic carbocycles. The predicted molar refractivity (Wildman–Crippen MR) is 92.4 cm³/mol. The molecule has 3 rings (SSSR count). The molecule has 0 saturated carbocycles. The van der Waals surface area contributed by atoms with E-state index in [4.69, 9.17) is 0 Å². The van der Waals surface area contributed by atoms with E-state index in [0.29, 0.717) is 6.54 Å². The van der Waals surface area contributed by atoms with Crippen LogP contribution in [0.2, 0.25) is 0 Å². The number of hydrogen-bond acceptors (Lipinski definition) is 4. The molecule has 0 bridgehead atoms. The zero-order valence-corrected chi connectivity index (χ0v) is 14.6. The molecule has 0 radical (unpaired) electrons. The molecule has 1 N–H and O–H groups in total. The highest BCUT2D eigenvalue weighted by Gasteiger charge is 2.23. The van der Waals surface area contributed by atoms with Gasteiger partial charge in [-0.25, -0.2) is 4.98 Å². The van der Waals surface area contributed by atoms with Gasteiger partial charge in [0.1, 0.15) is 6.04 Å². The van der Waals surface area contributed by atoms with Crippen LogP contribution in [0.3, 0.4) is 0 Å². The molecule has 0 aliphatic carbocycles. The van der Waals surface area contributed by atoms with Crippen molar-refractivity contribution in [2.45, 2.75) is 31.2 Å². The number of thioether (sulfide) groups is 1. The highest BCUT2D eigenvalue weighted by atomic mass is 32.2. The first-order valence-electron chi connectivity index (χ1n) is 7.74. The Kier molecular flexibility index (Phi) is 4.73. The first kappa shape index (κ1) is 16.1. The number of aromatic nitrogens is 2. The molecule has 1 atom stereocenters. The van der Waals surface area contributed by atoms with Gasteiger partial charge in [0.05, 0.1) is 12.2 Å². The van der Waals surface area contributed by atoms with Gasteiger partial charge in [0, 0.05) is 18.5 Å². The molecule has 1 aliphatic heterocycles. The maximum absolute atomic E-state index is 12.7. The Labute approximate surface area is 141 Å². The van der Waals surface area contributed by atoms with E-state index in [0.717, 1.165) is 34.3 Å². The van der Waals surface area contributed by atoms with E-state index >= 15 is 0 Å². The normalized spacial score (nSPS) is 14.8. The minimum absolute atomic E-state index is 0.00131. The summed E-state index contributed by atoms with van der Waals surface area (Å²) in [6.45, 7) is 3.51. The molecule has 122 valence electrons. The summed E-state index contributed by atoms with van der Waals surface area (Å²) in [4.78, 5) is 19.1. The largest absolute Gasteiger partial charge is 0.349 e. The smallest absolute Gasteiger partial charge is 0.242 e. The third-order valence-corrected chi connectivity index (χ3v) is 4.89. The molecule has 0 fully saturated rings. The van der Waals surface area contributed by atoms with Crippen LogP contribution in [-0.4, -0.2) is 40.2 Å². The fraction of sp³-hybridized carbons (Fsp3) is 0.412. The van der Waals surface area contributed by atoms with E-state index in [2.05, 4.69) is 20.9 Å². The lowest BCUT2D eigenvalue weighted by Gasteiger charge is -2.24. The van der Waals surface area contributed by atoms with Gasteiger partial charge in [-0.15, -0.1) is 0 Å². The first-order chi connectivity index (χ1) is 11.0. The lowest BCUT2D eigenvalue weighted by Crippen LogP contribution is -2.36. The number of aryl methyl sites for hydroxylation is 2. The van der Waals surface area contributed by atoms with Crippen molar-refractivity contribution in [3.8, 4) is 0 Å². The summed E-state index contributed by atoms with van der Waals surface area (Å²) >= 11 is 1.76. The van der Waals surface area contributed by atoms with Crippen LogP contribution in [-0.2, 0) is 17.9 Å². The molecule has 5 nitrogen and oxygen atoms in total. The van der Waals surface area contributed by atoms with Gasteiger partial charge in [0.15, 0.2) is 5.16 Å². The number of fused-ring (bicyclic) bond motifs is 1. The average molecular weight is 330 g/mol. The molecule has 23 heavy (non-hydrogen) atoms. The first-order valence-corrected chi connectivity index (χ1v) is 8.72. The maximum Gasteiger partial charge on any atom is 0.242 e. The molecular formula is C17H22N4OS.